The van der Waals surface area contributed by atoms with Crippen LogP contribution in [0.4, 0.5) is 5.82 Å². The van der Waals surface area contributed by atoms with Gasteiger partial charge in [-0.3, -0.25) is 0 Å². The lowest BCUT2D eigenvalue weighted by Crippen LogP contribution is -1.96. The van der Waals surface area contributed by atoms with E-state index in [9.17, 15) is 0 Å². The summed E-state index contributed by atoms with van der Waals surface area (Å²) in [6.45, 7) is 4.14. The van der Waals surface area contributed by atoms with Crippen LogP contribution in [0.2, 0.25) is 0 Å². The van der Waals surface area contributed by atoms with Crippen LogP contribution < -0.4 is 5.32 Å². The maximum Gasteiger partial charge on any atom is 0.128 e. The third kappa shape index (κ3) is 1.10. The standard InChI is InChI=1S/C8H12N2/c1-6-4-5-10-8(9-3)7(6)2/h4-5H,1-3H3,(H,9,10). The van der Waals surface area contributed by atoms with Crippen molar-refractivity contribution in [3.05, 3.63) is 23.4 Å². The van der Waals surface area contributed by atoms with E-state index in [1.807, 2.05) is 19.3 Å². The molecule has 0 aliphatic carbocycles. The van der Waals surface area contributed by atoms with E-state index in [0.29, 0.717) is 0 Å². The zero-order valence-corrected chi connectivity index (χ0v) is 6.60. The van der Waals surface area contributed by atoms with Gasteiger partial charge < -0.3 is 5.32 Å². The fourth-order valence-corrected chi connectivity index (χ4v) is 0.884. The Hall–Kier alpha value is -1.05. The van der Waals surface area contributed by atoms with Gasteiger partial charge in [-0.15, -0.1) is 0 Å². The molecular formula is C8H12N2. The number of hydrogen-bond acceptors (Lipinski definition) is 2. The largest absolute Gasteiger partial charge is 0.373 e. The Morgan fingerprint density at radius 3 is 2.60 bits per heavy atom. The molecule has 1 rings (SSSR count). The van der Waals surface area contributed by atoms with Crippen LogP contribution in [0, 0.1) is 13.8 Å². The zero-order valence-electron chi connectivity index (χ0n) is 6.60. The number of pyridine rings is 1. The molecule has 0 spiro atoms. The highest BCUT2D eigenvalue weighted by atomic mass is 15.0. The molecule has 54 valence electrons. The van der Waals surface area contributed by atoms with Crippen LogP contribution in [0.25, 0.3) is 0 Å². The van der Waals surface area contributed by atoms with Crippen LogP contribution in [0.15, 0.2) is 12.3 Å². The molecule has 2 heteroatoms. The van der Waals surface area contributed by atoms with Crippen molar-refractivity contribution >= 4 is 5.82 Å². The Labute approximate surface area is 61.3 Å². The number of nitrogens with one attached hydrogen (secondary N) is 1. The van der Waals surface area contributed by atoms with Crippen molar-refractivity contribution < 1.29 is 0 Å². The number of nitrogens with zero attached hydrogens (tertiary/aromatic N) is 1. The van der Waals surface area contributed by atoms with Gasteiger partial charge in [0.25, 0.3) is 0 Å². The fraction of sp³-hybridized carbons (Fsp3) is 0.375. The van der Waals surface area contributed by atoms with E-state index in [1.165, 1.54) is 11.1 Å². The van der Waals surface area contributed by atoms with Crippen molar-refractivity contribution in [3.63, 3.8) is 0 Å². The van der Waals surface area contributed by atoms with E-state index in [1.54, 1.807) is 0 Å². The molecule has 1 aromatic rings. The van der Waals surface area contributed by atoms with Crippen molar-refractivity contribution in [3.8, 4) is 0 Å². The van der Waals surface area contributed by atoms with Crippen LogP contribution in [0.1, 0.15) is 11.1 Å². The Kier molecular flexibility index (Phi) is 1.90. The second-order valence-electron chi connectivity index (χ2n) is 2.35. The summed E-state index contributed by atoms with van der Waals surface area (Å²) in [6.07, 6.45) is 1.81. The van der Waals surface area contributed by atoms with Crippen molar-refractivity contribution in [1.29, 1.82) is 0 Å². The first kappa shape index (κ1) is 7.06. The summed E-state index contributed by atoms with van der Waals surface area (Å²) in [6, 6.07) is 2.01. The van der Waals surface area contributed by atoms with E-state index in [2.05, 4.69) is 24.1 Å². The summed E-state index contributed by atoms with van der Waals surface area (Å²) in [5.74, 6) is 0.972. The summed E-state index contributed by atoms with van der Waals surface area (Å²) in [5, 5.41) is 3.02. The number of aromatic nitrogens is 1. The van der Waals surface area contributed by atoms with Crippen LogP contribution in [0.5, 0.6) is 0 Å². The molecule has 1 heterocycles. The topological polar surface area (TPSA) is 24.9 Å². The molecule has 0 fully saturated rings. The first-order valence-corrected chi connectivity index (χ1v) is 3.35. The first-order valence-electron chi connectivity index (χ1n) is 3.35. The molecular weight excluding hydrogens is 124 g/mol. The maximum absolute atomic E-state index is 4.15. The molecule has 0 bridgehead atoms. The van der Waals surface area contributed by atoms with E-state index < -0.39 is 0 Å². The van der Waals surface area contributed by atoms with E-state index >= 15 is 0 Å². The van der Waals surface area contributed by atoms with E-state index in [0.717, 1.165) is 5.82 Å². The third-order valence-electron chi connectivity index (χ3n) is 1.71. The first-order chi connectivity index (χ1) is 4.75. The van der Waals surface area contributed by atoms with Crippen molar-refractivity contribution in [2.75, 3.05) is 12.4 Å². The van der Waals surface area contributed by atoms with Gasteiger partial charge in [0.05, 0.1) is 0 Å². The molecule has 0 aromatic carbocycles. The van der Waals surface area contributed by atoms with Gasteiger partial charge in [0.15, 0.2) is 0 Å². The Balaban J connectivity index is 3.14. The van der Waals surface area contributed by atoms with Gasteiger partial charge in [0, 0.05) is 13.2 Å². The van der Waals surface area contributed by atoms with Gasteiger partial charge in [-0.1, -0.05) is 0 Å². The lowest BCUT2D eigenvalue weighted by atomic mass is 10.2. The minimum atomic E-state index is 0.972. The highest BCUT2D eigenvalue weighted by Gasteiger charge is 1.97. The molecule has 0 aliphatic heterocycles. The lowest BCUT2D eigenvalue weighted by Gasteiger charge is -2.04. The van der Waals surface area contributed by atoms with Crippen molar-refractivity contribution in [1.82, 2.24) is 4.98 Å². The van der Waals surface area contributed by atoms with Crippen LogP contribution in [-0.2, 0) is 0 Å². The van der Waals surface area contributed by atoms with Crippen LogP contribution >= 0.6 is 0 Å². The minimum Gasteiger partial charge on any atom is -0.373 e. The number of aryl methyl sites for hydroxylation is 1. The molecule has 0 amide bonds. The summed E-state index contributed by atoms with van der Waals surface area (Å²) in [4.78, 5) is 4.15. The fourth-order valence-electron chi connectivity index (χ4n) is 0.884. The average Bonchev–Trinajstić information content (AvgIpc) is 1.95. The molecule has 0 unspecified atom stereocenters. The number of anilines is 1. The average molecular weight is 136 g/mol. The zero-order chi connectivity index (χ0) is 7.56. The minimum absolute atomic E-state index is 0.972. The second-order valence-corrected chi connectivity index (χ2v) is 2.35. The number of rotatable bonds is 1. The highest BCUT2D eigenvalue weighted by molar-refractivity contribution is 5.46. The predicted octanol–water partition coefficient (Wildman–Crippen LogP) is 1.74. The molecule has 0 radical (unpaired) electrons. The van der Waals surface area contributed by atoms with Crippen LogP contribution in [0.3, 0.4) is 0 Å². The molecule has 0 saturated carbocycles. The Morgan fingerprint density at radius 1 is 1.40 bits per heavy atom. The quantitative estimate of drug-likeness (QED) is 0.636. The maximum atomic E-state index is 4.15. The Morgan fingerprint density at radius 2 is 2.10 bits per heavy atom. The Bertz CT molecular complexity index is 231. The van der Waals surface area contributed by atoms with Crippen molar-refractivity contribution in [2.24, 2.45) is 0 Å². The molecule has 0 aliphatic rings. The van der Waals surface area contributed by atoms with E-state index in [4.69, 9.17) is 0 Å². The monoisotopic (exact) mass is 136 g/mol. The molecule has 0 saturated heterocycles. The summed E-state index contributed by atoms with van der Waals surface area (Å²) >= 11 is 0. The smallest absolute Gasteiger partial charge is 0.128 e. The molecule has 2 nitrogen and oxygen atoms in total. The lowest BCUT2D eigenvalue weighted by molar-refractivity contribution is 1.20. The van der Waals surface area contributed by atoms with Gasteiger partial charge >= 0.3 is 0 Å². The second kappa shape index (κ2) is 2.69. The van der Waals surface area contributed by atoms with Gasteiger partial charge in [-0.25, -0.2) is 4.98 Å². The summed E-state index contributed by atoms with van der Waals surface area (Å²) in [7, 11) is 1.88. The third-order valence-corrected chi connectivity index (χ3v) is 1.71. The summed E-state index contributed by atoms with van der Waals surface area (Å²) < 4.78 is 0. The van der Waals surface area contributed by atoms with E-state index in [-0.39, 0.29) is 0 Å². The van der Waals surface area contributed by atoms with Gasteiger partial charge in [-0.05, 0) is 31.0 Å². The molecule has 0 atom stereocenters. The van der Waals surface area contributed by atoms with Crippen LogP contribution in [-0.4, -0.2) is 12.0 Å². The summed E-state index contributed by atoms with van der Waals surface area (Å²) in [5.41, 5.74) is 2.50. The SMILES string of the molecule is CNc1nccc(C)c1C. The normalized spacial score (nSPS) is 9.50. The molecule has 1 N–H and O–H groups in total. The van der Waals surface area contributed by atoms with Crippen molar-refractivity contribution in [2.45, 2.75) is 13.8 Å². The van der Waals surface area contributed by atoms with Gasteiger partial charge in [-0.2, -0.15) is 0 Å². The number of hydrogen-bond donors (Lipinski definition) is 1. The molecule has 1 aromatic heterocycles. The predicted molar refractivity (Wildman–Crippen MR) is 43.3 cm³/mol. The highest BCUT2D eigenvalue weighted by Crippen LogP contribution is 2.12. The molecule has 10 heavy (non-hydrogen) atoms. The van der Waals surface area contributed by atoms with Gasteiger partial charge in [0.1, 0.15) is 5.82 Å². The van der Waals surface area contributed by atoms with Gasteiger partial charge in [0.2, 0.25) is 0 Å².